The molecule has 164 valence electrons. The van der Waals surface area contributed by atoms with Gasteiger partial charge in [0, 0.05) is 4.88 Å². The molecule has 2 unspecified atom stereocenters. The molecule has 1 aliphatic carbocycles. The third-order valence-corrected chi connectivity index (χ3v) is 8.55. The molecule has 2 atom stereocenters. The van der Waals surface area contributed by atoms with Crippen molar-refractivity contribution < 1.29 is 14.3 Å². The lowest BCUT2D eigenvalue weighted by molar-refractivity contribution is -0.115. The summed E-state index contributed by atoms with van der Waals surface area (Å²) in [6.45, 7) is 12.6. The number of amides is 1. The first-order valence-electron chi connectivity index (χ1n) is 10.2. The minimum atomic E-state index is -0.353. The number of anilines is 1. The van der Waals surface area contributed by atoms with E-state index >= 15 is 0 Å². The highest BCUT2D eigenvalue weighted by molar-refractivity contribution is 8.02. The van der Waals surface area contributed by atoms with E-state index in [9.17, 15) is 9.59 Å². The average molecular weight is 468 g/mol. The van der Waals surface area contributed by atoms with Crippen molar-refractivity contribution in [2.75, 3.05) is 11.9 Å². The van der Waals surface area contributed by atoms with Crippen molar-refractivity contribution in [2.24, 2.45) is 11.3 Å². The smallest absolute Gasteiger partial charge is 0.341 e. The van der Waals surface area contributed by atoms with Crippen molar-refractivity contribution in [3.8, 4) is 0 Å². The molecule has 0 saturated carbocycles. The van der Waals surface area contributed by atoms with Gasteiger partial charge in [-0.25, -0.2) is 4.79 Å². The van der Waals surface area contributed by atoms with Crippen LogP contribution in [0.3, 0.4) is 0 Å². The number of thiophene rings is 1. The maximum absolute atomic E-state index is 12.9. The quantitative estimate of drug-likeness (QED) is 0.455. The van der Waals surface area contributed by atoms with Gasteiger partial charge in [-0.3, -0.25) is 4.79 Å². The van der Waals surface area contributed by atoms with Gasteiger partial charge in [-0.05, 0) is 56.9 Å². The molecule has 9 heteroatoms. The number of nitrogens with zero attached hydrogens (tertiary/aromatic N) is 2. The van der Waals surface area contributed by atoms with Crippen LogP contribution in [0.1, 0.15) is 66.8 Å². The maximum atomic E-state index is 12.9. The third-order valence-electron chi connectivity index (χ3n) is 5.36. The first-order valence-corrected chi connectivity index (χ1v) is 12.7. The standard InChI is InChI=1S/C21H29N3O3S3/c1-7-27-19(26)16-14-9-8-13(21(4,5)6)10-15(14)30-18(16)22-17(25)11(2)28-20-24-23-12(3)29-20/h11,13H,7-10H2,1-6H3,(H,22,25). The maximum Gasteiger partial charge on any atom is 0.341 e. The number of carbonyl (C=O) groups excluding carboxylic acids is 2. The van der Waals surface area contributed by atoms with Crippen LogP contribution in [0.4, 0.5) is 5.00 Å². The number of fused-ring (bicyclic) bond motifs is 1. The molecule has 1 amide bonds. The van der Waals surface area contributed by atoms with Crippen LogP contribution in [-0.2, 0) is 22.4 Å². The van der Waals surface area contributed by atoms with E-state index in [-0.39, 0.29) is 22.5 Å². The Morgan fingerprint density at radius 3 is 2.63 bits per heavy atom. The van der Waals surface area contributed by atoms with E-state index in [1.54, 1.807) is 6.92 Å². The number of hydrogen-bond acceptors (Lipinski definition) is 8. The lowest BCUT2D eigenvalue weighted by Gasteiger charge is -2.33. The molecule has 30 heavy (non-hydrogen) atoms. The van der Waals surface area contributed by atoms with Crippen LogP contribution >= 0.6 is 34.4 Å². The topological polar surface area (TPSA) is 81.2 Å². The largest absolute Gasteiger partial charge is 0.462 e. The molecule has 0 fully saturated rings. The second kappa shape index (κ2) is 9.36. The molecule has 0 spiro atoms. The molecular formula is C21H29N3O3S3. The Morgan fingerprint density at radius 1 is 1.30 bits per heavy atom. The minimum Gasteiger partial charge on any atom is -0.462 e. The van der Waals surface area contributed by atoms with E-state index < -0.39 is 0 Å². The summed E-state index contributed by atoms with van der Waals surface area (Å²) >= 11 is 4.37. The van der Waals surface area contributed by atoms with Crippen molar-refractivity contribution in [1.29, 1.82) is 0 Å². The summed E-state index contributed by atoms with van der Waals surface area (Å²) in [6, 6.07) is 0. The average Bonchev–Trinajstić information content (AvgIpc) is 3.23. The highest BCUT2D eigenvalue weighted by atomic mass is 32.2. The fraction of sp³-hybridized carbons (Fsp3) is 0.619. The number of thioether (sulfide) groups is 1. The number of esters is 1. The number of aryl methyl sites for hydroxylation is 1. The van der Waals surface area contributed by atoms with Gasteiger partial charge in [-0.2, -0.15) is 0 Å². The van der Waals surface area contributed by atoms with Gasteiger partial charge >= 0.3 is 5.97 Å². The van der Waals surface area contributed by atoms with Crippen LogP contribution in [-0.4, -0.2) is 33.9 Å². The molecule has 0 saturated heterocycles. The zero-order chi connectivity index (χ0) is 22.1. The molecule has 2 aromatic heterocycles. The van der Waals surface area contributed by atoms with Gasteiger partial charge in [0.25, 0.3) is 0 Å². The van der Waals surface area contributed by atoms with Gasteiger partial charge in [-0.1, -0.05) is 43.9 Å². The third kappa shape index (κ3) is 5.23. The van der Waals surface area contributed by atoms with Crippen molar-refractivity contribution in [1.82, 2.24) is 10.2 Å². The summed E-state index contributed by atoms with van der Waals surface area (Å²) in [4.78, 5) is 26.8. The summed E-state index contributed by atoms with van der Waals surface area (Å²) in [6.07, 6.45) is 2.81. The van der Waals surface area contributed by atoms with Crippen LogP contribution in [0.5, 0.6) is 0 Å². The van der Waals surface area contributed by atoms with Crippen molar-refractivity contribution >= 4 is 51.3 Å². The molecule has 3 rings (SSSR count). The Kier molecular flexibility index (Phi) is 7.24. The van der Waals surface area contributed by atoms with Crippen molar-refractivity contribution in [3.63, 3.8) is 0 Å². The van der Waals surface area contributed by atoms with E-state index in [4.69, 9.17) is 4.74 Å². The summed E-state index contributed by atoms with van der Waals surface area (Å²) in [5.41, 5.74) is 1.80. The zero-order valence-electron chi connectivity index (χ0n) is 18.3. The monoisotopic (exact) mass is 467 g/mol. The lowest BCUT2D eigenvalue weighted by Crippen LogP contribution is -2.27. The molecule has 0 bridgehead atoms. The first kappa shape index (κ1) is 23.2. The molecule has 2 aromatic rings. The fourth-order valence-corrected chi connectivity index (χ4v) is 6.85. The van der Waals surface area contributed by atoms with E-state index in [0.717, 1.165) is 34.2 Å². The number of hydrogen-bond donors (Lipinski definition) is 1. The molecule has 0 aromatic carbocycles. The summed E-state index contributed by atoms with van der Waals surface area (Å²) < 4.78 is 6.09. The van der Waals surface area contributed by atoms with E-state index in [0.29, 0.717) is 23.1 Å². The van der Waals surface area contributed by atoms with Crippen LogP contribution in [0, 0.1) is 18.3 Å². The van der Waals surface area contributed by atoms with E-state index in [2.05, 4.69) is 36.3 Å². The lowest BCUT2D eigenvalue weighted by atomic mass is 9.72. The Balaban J connectivity index is 1.83. The van der Waals surface area contributed by atoms with Gasteiger partial charge in [0.05, 0.1) is 17.4 Å². The molecule has 6 nitrogen and oxygen atoms in total. The van der Waals surface area contributed by atoms with Gasteiger partial charge in [0.1, 0.15) is 10.0 Å². The Labute approximate surface area is 190 Å². The summed E-state index contributed by atoms with van der Waals surface area (Å²) in [7, 11) is 0. The van der Waals surface area contributed by atoms with Crippen LogP contribution in [0.15, 0.2) is 4.34 Å². The number of ether oxygens (including phenoxy) is 1. The first-order chi connectivity index (χ1) is 14.1. The van der Waals surface area contributed by atoms with E-state index in [1.165, 1.54) is 39.3 Å². The normalized spacial score (nSPS) is 17.3. The van der Waals surface area contributed by atoms with Crippen LogP contribution in [0.25, 0.3) is 0 Å². The Morgan fingerprint density at radius 2 is 2.03 bits per heavy atom. The molecule has 0 radical (unpaired) electrons. The molecule has 1 N–H and O–H groups in total. The van der Waals surface area contributed by atoms with Crippen LogP contribution < -0.4 is 5.32 Å². The predicted octanol–water partition coefficient (Wildman–Crippen LogP) is 5.36. The second-order valence-electron chi connectivity index (χ2n) is 8.57. The molecule has 2 heterocycles. The number of aromatic nitrogens is 2. The fourth-order valence-electron chi connectivity index (χ4n) is 3.58. The molecule has 1 aliphatic rings. The SMILES string of the molecule is CCOC(=O)c1c(NC(=O)C(C)Sc2nnc(C)s2)sc2c1CCC(C(C)(C)C)C2. The van der Waals surface area contributed by atoms with E-state index in [1.807, 2.05) is 13.8 Å². The van der Waals surface area contributed by atoms with Gasteiger partial charge in [-0.15, -0.1) is 21.5 Å². The van der Waals surface area contributed by atoms with Gasteiger partial charge in [0.2, 0.25) is 5.91 Å². The number of carbonyl (C=O) groups is 2. The Hall–Kier alpha value is -1.45. The number of nitrogens with one attached hydrogen (secondary N) is 1. The predicted molar refractivity (Wildman–Crippen MR) is 124 cm³/mol. The minimum absolute atomic E-state index is 0.149. The highest BCUT2D eigenvalue weighted by Gasteiger charge is 2.34. The zero-order valence-corrected chi connectivity index (χ0v) is 20.8. The summed E-state index contributed by atoms with van der Waals surface area (Å²) in [5.74, 6) is 0.0568. The Bertz CT molecular complexity index is 930. The van der Waals surface area contributed by atoms with Crippen molar-refractivity contribution in [2.45, 2.75) is 70.4 Å². The molecular weight excluding hydrogens is 438 g/mol. The van der Waals surface area contributed by atoms with Gasteiger partial charge in [0.15, 0.2) is 4.34 Å². The molecule has 0 aliphatic heterocycles. The summed E-state index contributed by atoms with van der Waals surface area (Å²) in [5, 5.41) is 12.2. The van der Waals surface area contributed by atoms with Crippen molar-refractivity contribution in [3.05, 3.63) is 21.0 Å². The highest BCUT2D eigenvalue weighted by Crippen LogP contribution is 2.44. The van der Waals surface area contributed by atoms with Crippen LogP contribution in [0.2, 0.25) is 0 Å². The van der Waals surface area contributed by atoms with Gasteiger partial charge < -0.3 is 10.1 Å². The number of rotatable bonds is 6. The second-order valence-corrected chi connectivity index (χ2v) is 12.4.